The molecule has 1 saturated carbocycles. The van der Waals surface area contributed by atoms with Gasteiger partial charge in [0.25, 0.3) is 0 Å². The summed E-state index contributed by atoms with van der Waals surface area (Å²) in [6.07, 6.45) is 3.04. The summed E-state index contributed by atoms with van der Waals surface area (Å²) in [6.45, 7) is 1.42. The molecule has 18 heavy (non-hydrogen) atoms. The van der Waals surface area contributed by atoms with Crippen LogP contribution in [0.3, 0.4) is 0 Å². The molecule has 1 aliphatic rings. The number of nitrogens with zero attached hydrogens (tertiary/aromatic N) is 2. The molecule has 1 aromatic carbocycles. The van der Waals surface area contributed by atoms with E-state index in [1.807, 2.05) is 12.1 Å². The second-order valence-corrected chi connectivity index (χ2v) is 5.60. The maximum absolute atomic E-state index is 8.76. The largest absolute Gasteiger partial charge is 0.329 e. The normalized spacial score (nSPS) is 16.6. The molecule has 96 valence electrons. The van der Waals surface area contributed by atoms with E-state index < -0.39 is 0 Å². The summed E-state index contributed by atoms with van der Waals surface area (Å²) in [7, 11) is 0. The molecule has 1 aliphatic carbocycles. The smallest absolute Gasteiger partial charge is 0.0635 e. The lowest BCUT2D eigenvalue weighted by Crippen LogP contribution is -2.36. The van der Waals surface area contributed by atoms with Crippen molar-refractivity contribution in [2.75, 3.05) is 13.1 Å². The van der Waals surface area contributed by atoms with E-state index in [1.54, 1.807) is 0 Å². The molecule has 0 spiro atoms. The summed E-state index contributed by atoms with van der Waals surface area (Å²) in [5, 5.41) is 8.76. The maximum Gasteiger partial charge on any atom is 0.0635 e. The fourth-order valence-corrected chi connectivity index (χ4v) is 2.59. The molecule has 0 aromatic heterocycles. The van der Waals surface area contributed by atoms with Crippen molar-refractivity contribution in [3.05, 3.63) is 34.3 Å². The zero-order valence-corrected chi connectivity index (χ0v) is 11.9. The van der Waals surface area contributed by atoms with Crippen molar-refractivity contribution in [1.29, 1.82) is 5.26 Å². The standard InChI is InChI=1S/C14H18BrN3/c15-12-4-2-11(3-5-12)14(10-17)18(9-1-8-16)13-6-7-13/h2-5,13-14H,1,6-7,9-10,17H2. The zero-order valence-electron chi connectivity index (χ0n) is 10.3. The molecule has 2 N–H and O–H groups in total. The van der Waals surface area contributed by atoms with Crippen molar-refractivity contribution in [3.63, 3.8) is 0 Å². The highest BCUT2D eigenvalue weighted by atomic mass is 79.9. The number of nitriles is 1. The summed E-state index contributed by atoms with van der Waals surface area (Å²) in [4.78, 5) is 2.40. The average molecular weight is 308 g/mol. The van der Waals surface area contributed by atoms with Gasteiger partial charge in [0, 0.05) is 36.1 Å². The van der Waals surface area contributed by atoms with E-state index in [2.05, 4.69) is 39.0 Å². The Labute approximate surface area is 117 Å². The predicted molar refractivity (Wildman–Crippen MR) is 75.9 cm³/mol. The van der Waals surface area contributed by atoms with Crippen LogP contribution in [-0.4, -0.2) is 24.0 Å². The van der Waals surface area contributed by atoms with Gasteiger partial charge in [0.2, 0.25) is 0 Å². The quantitative estimate of drug-likeness (QED) is 0.879. The number of hydrogen-bond acceptors (Lipinski definition) is 3. The second kappa shape index (κ2) is 6.33. The van der Waals surface area contributed by atoms with Gasteiger partial charge in [-0.25, -0.2) is 0 Å². The third-order valence-corrected chi connectivity index (χ3v) is 3.90. The third kappa shape index (κ3) is 3.32. The lowest BCUT2D eigenvalue weighted by molar-refractivity contribution is 0.195. The van der Waals surface area contributed by atoms with E-state index >= 15 is 0 Å². The highest BCUT2D eigenvalue weighted by Gasteiger charge is 2.33. The monoisotopic (exact) mass is 307 g/mol. The van der Waals surface area contributed by atoms with Crippen molar-refractivity contribution < 1.29 is 0 Å². The number of hydrogen-bond donors (Lipinski definition) is 1. The molecule has 1 unspecified atom stereocenters. The summed E-state index contributed by atoms with van der Waals surface area (Å²) in [6, 6.07) is 11.4. The number of rotatable bonds is 6. The van der Waals surface area contributed by atoms with E-state index in [9.17, 15) is 0 Å². The van der Waals surface area contributed by atoms with Crippen molar-refractivity contribution in [2.24, 2.45) is 5.73 Å². The summed E-state index contributed by atoms with van der Waals surface area (Å²) in [5.41, 5.74) is 7.19. The zero-order chi connectivity index (χ0) is 13.0. The van der Waals surface area contributed by atoms with Crippen LogP contribution in [0.5, 0.6) is 0 Å². The van der Waals surface area contributed by atoms with Crippen molar-refractivity contribution in [3.8, 4) is 6.07 Å². The number of benzene rings is 1. The molecule has 4 heteroatoms. The SMILES string of the molecule is N#CCCN(C1CC1)C(CN)c1ccc(Br)cc1. The highest BCUT2D eigenvalue weighted by molar-refractivity contribution is 9.10. The lowest BCUT2D eigenvalue weighted by atomic mass is 10.0. The van der Waals surface area contributed by atoms with Gasteiger partial charge < -0.3 is 5.73 Å². The molecule has 0 heterocycles. The first-order valence-corrected chi connectivity index (χ1v) is 7.13. The fourth-order valence-electron chi connectivity index (χ4n) is 2.33. The van der Waals surface area contributed by atoms with E-state index in [0.29, 0.717) is 19.0 Å². The molecular formula is C14H18BrN3. The van der Waals surface area contributed by atoms with Crippen LogP contribution in [0.25, 0.3) is 0 Å². The Hall–Kier alpha value is -0.890. The van der Waals surface area contributed by atoms with Crippen molar-refractivity contribution >= 4 is 15.9 Å². The molecule has 0 aliphatic heterocycles. The van der Waals surface area contributed by atoms with Crippen LogP contribution >= 0.6 is 15.9 Å². The summed E-state index contributed by atoms with van der Waals surface area (Å²) in [5.74, 6) is 0. The fraction of sp³-hybridized carbons (Fsp3) is 0.500. The predicted octanol–water partition coefficient (Wildman–Crippen LogP) is 2.83. The summed E-state index contributed by atoms with van der Waals surface area (Å²) >= 11 is 3.45. The van der Waals surface area contributed by atoms with Crippen molar-refractivity contribution in [2.45, 2.75) is 31.3 Å². The van der Waals surface area contributed by atoms with Crippen LogP contribution in [-0.2, 0) is 0 Å². The topological polar surface area (TPSA) is 53.0 Å². The first-order chi connectivity index (χ1) is 8.76. The molecule has 1 aromatic rings. The van der Waals surface area contributed by atoms with Gasteiger partial charge in [0.1, 0.15) is 0 Å². The lowest BCUT2D eigenvalue weighted by Gasteiger charge is -2.30. The molecule has 0 amide bonds. The molecule has 0 radical (unpaired) electrons. The van der Waals surface area contributed by atoms with Gasteiger partial charge in [-0.3, -0.25) is 4.90 Å². The van der Waals surface area contributed by atoms with Gasteiger partial charge in [0.05, 0.1) is 6.07 Å². The minimum Gasteiger partial charge on any atom is -0.329 e. The first-order valence-electron chi connectivity index (χ1n) is 6.34. The first kappa shape index (κ1) is 13.5. The van der Waals surface area contributed by atoms with Gasteiger partial charge in [-0.2, -0.15) is 5.26 Å². The molecule has 0 bridgehead atoms. The Morgan fingerprint density at radius 3 is 2.56 bits per heavy atom. The van der Waals surface area contributed by atoms with Gasteiger partial charge in [-0.05, 0) is 30.5 Å². The minimum absolute atomic E-state index is 0.235. The Morgan fingerprint density at radius 1 is 1.39 bits per heavy atom. The molecule has 3 nitrogen and oxygen atoms in total. The van der Waals surface area contributed by atoms with E-state index in [4.69, 9.17) is 11.0 Å². The third-order valence-electron chi connectivity index (χ3n) is 3.38. The highest BCUT2D eigenvalue weighted by Crippen LogP contribution is 2.34. The van der Waals surface area contributed by atoms with Crippen LogP contribution in [0.4, 0.5) is 0 Å². The van der Waals surface area contributed by atoms with Gasteiger partial charge in [-0.1, -0.05) is 28.1 Å². The number of halogens is 1. The van der Waals surface area contributed by atoms with E-state index in [0.717, 1.165) is 11.0 Å². The van der Waals surface area contributed by atoms with E-state index in [1.165, 1.54) is 18.4 Å². The van der Waals surface area contributed by atoms with Crippen LogP contribution < -0.4 is 5.73 Å². The Morgan fingerprint density at radius 2 is 2.06 bits per heavy atom. The van der Waals surface area contributed by atoms with Crippen LogP contribution in [0, 0.1) is 11.3 Å². The Balaban J connectivity index is 2.14. The van der Waals surface area contributed by atoms with Crippen LogP contribution in [0.15, 0.2) is 28.7 Å². The van der Waals surface area contributed by atoms with Gasteiger partial charge >= 0.3 is 0 Å². The van der Waals surface area contributed by atoms with Gasteiger partial charge in [-0.15, -0.1) is 0 Å². The maximum atomic E-state index is 8.76. The molecule has 1 fully saturated rings. The molecule has 0 saturated heterocycles. The molecule has 1 atom stereocenters. The minimum atomic E-state index is 0.235. The Kier molecular flexibility index (Phi) is 4.76. The number of nitrogens with two attached hydrogens (primary N) is 1. The average Bonchev–Trinajstić information content (AvgIpc) is 3.20. The molecular weight excluding hydrogens is 290 g/mol. The second-order valence-electron chi connectivity index (χ2n) is 4.68. The van der Waals surface area contributed by atoms with Crippen molar-refractivity contribution in [1.82, 2.24) is 4.90 Å². The summed E-state index contributed by atoms with van der Waals surface area (Å²) < 4.78 is 1.08. The van der Waals surface area contributed by atoms with E-state index in [-0.39, 0.29) is 6.04 Å². The van der Waals surface area contributed by atoms with Gasteiger partial charge in [0.15, 0.2) is 0 Å². The van der Waals surface area contributed by atoms with Crippen LogP contribution in [0.2, 0.25) is 0 Å². The van der Waals surface area contributed by atoms with Crippen LogP contribution in [0.1, 0.15) is 30.9 Å². The molecule has 2 rings (SSSR count). The Bertz CT molecular complexity index is 420.